The van der Waals surface area contributed by atoms with Crippen LogP contribution in [0, 0.1) is 16.7 Å². The van der Waals surface area contributed by atoms with E-state index in [0.29, 0.717) is 10.8 Å². The third-order valence-electron chi connectivity index (χ3n) is 7.10. The van der Waals surface area contributed by atoms with Crippen LogP contribution in [0.2, 0.25) is 0 Å². The summed E-state index contributed by atoms with van der Waals surface area (Å²) < 4.78 is 0. The number of unbranched alkanes of at least 4 members (excludes halogenated alkanes) is 6. The van der Waals surface area contributed by atoms with E-state index in [0.717, 1.165) is 5.92 Å². The molecule has 0 rings (SSSR count). The van der Waals surface area contributed by atoms with Crippen molar-refractivity contribution in [3.05, 3.63) is 0 Å². The Morgan fingerprint density at radius 3 is 1.33 bits per heavy atom. The maximum atomic E-state index is 2.62. The Morgan fingerprint density at radius 2 is 0.958 bits per heavy atom. The van der Waals surface area contributed by atoms with E-state index in [4.69, 9.17) is 0 Å². The second-order valence-electron chi connectivity index (χ2n) is 8.98. The molecule has 0 saturated carbocycles. The Labute approximate surface area is 155 Å². The van der Waals surface area contributed by atoms with Crippen LogP contribution in [0.15, 0.2) is 0 Å². The summed E-state index contributed by atoms with van der Waals surface area (Å²) in [6.45, 7) is 17.2. The Bertz CT molecular complexity index is 260. The first kappa shape index (κ1) is 24.0. The van der Waals surface area contributed by atoms with Crippen LogP contribution < -0.4 is 0 Å². The third kappa shape index (κ3) is 7.92. The summed E-state index contributed by atoms with van der Waals surface area (Å²) in [7, 11) is 0. The second-order valence-corrected chi connectivity index (χ2v) is 8.98. The topological polar surface area (TPSA) is 0 Å². The van der Waals surface area contributed by atoms with Crippen LogP contribution in [-0.4, -0.2) is 0 Å². The molecule has 0 nitrogen and oxygen atoms in total. The van der Waals surface area contributed by atoms with Crippen molar-refractivity contribution in [2.45, 2.75) is 138 Å². The van der Waals surface area contributed by atoms with Crippen LogP contribution in [0.4, 0.5) is 0 Å². The zero-order valence-corrected chi connectivity index (χ0v) is 18.5. The van der Waals surface area contributed by atoms with Crippen LogP contribution in [0.3, 0.4) is 0 Å². The molecular formula is C24H50. The van der Waals surface area contributed by atoms with E-state index in [-0.39, 0.29) is 0 Å². The fourth-order valence-electron chi connectivity index (χ4n) is 4.85. The second kappa shape index (κ2) is 13.2. The summed E-state index contributed by atoms with van der Waals surface area (Å²) in [6.07, 6.45) is 19.7. The summed E-state index contributed by atoms with van der Waals surface area (Å²) in [5.74, 6) is 0.903. The molecule has 0 radical (unpaired) electrons. The molecule has 0 bridgehead atoms. The minimum absolute atomic E-state index is 0.541. The van der Waals surface area contributed by atoms with Gasteiger partial charge >= 0.3 is 0 Å². The van der Waals surface area contributed by atoms with Crippen LogP contribution >= 0.6 is 0 Å². The van der Waals surface area contributed by atoms with E-state index in [9.17, 15) is 0 Å². The van der Waals surface area contributed by atoms with Crippen LogP contribution in [-0.2, 0) is 0 Å². The van der Waals surface area contributed by atoms with Gasteiger partial charge in [0.15, 0.2) is 0 Å². The molecule has 0 aliphatic carbocycles. The molecule has 0 amide bonds. The average Bonchev–Trinajstić information content (AvgIpc) is 2.60. The molecule has 0 aliphatic heterocycles. The molecule has 2 atom stereocenters. The van der Waals surface area contributed by atoms with E-state index >= 15 is 0 Å². The van der Waals surface area contributed by atoms with Crippen molar-refractivity contribution in [1.82, 2.24) is 0 Å². The van der Waals surface area contributed by atoms with Gasteiger partial charge in [-0.05, 0) is 36.0 Å². The zero-order valence-electron chi connectivity index (χ0n) is 18.5. The van der Waals surface area contributed by atoms with Gasteiger partial charge in [-0.2, -0.15) is 0 Å². The van der Waals surface area contributed by atoms with Gasteiger partial charge in [0.25, 0.3) is 0 Å². The van der Waals surface area contributed by atoms with Gasteiger partial charge in [0.1, 0.15) is 0 Å². The van der Waals surface area contributed by atoms with Crippen LogP contribution in [0.5, 0.6) is 0 Å². The van der Waals surface area contributed by atoms with Gasteiger partial charge in [-0.25, -0.2) is 0 Å². The van der Waals surface area contributed by atoms with E-state index in [2.05, 4.69) is 48.5 Å². The van der Waals surface area contributed by atoms with Gasteiger partial charge in [0.05, 0.1) is 0 Å². The molecule has 0 saturated heterocycles. The summed E-state index contributed by atoms with van der Waals surface area (Å²) in [6, 6.07) is 0. The van der Waals surface area contributed by atoms with Crippen molar-refractivity contribution < 1.29 is 0 Å². The van der Waals surface area contributed by atoms with Gasteiger partial charge in [-0.1, -0.05) is 119 Å². The highest BCUT2D eigenvalue weighted by molar-refractivity contribution is 4.92. The maximum absolute atomic E-state index is 2.62. The van der Waals surface area contributed by atoms with E-state index in [1.54, 1.807) is 0 Å². The molecule has 0 aromatic carbocycles. The Morgan fingerprint density at radius 1 is 0.542 bits per heavy atom. The third-order valence-corrected chi connectivity index (χ3v) is 7.10. The highest BCUT2D eigenvalue weighted by Gasteiger charge is 2.42. The number of hydrogen-bond donors (Lipinski definition) is 0. The number of hydrogen-bond acceptors (Lipinski definition) is 0. The Hall–Kier alpha value is 0. The predicted molar refractivity (Wildman–Crippen MR) is 113 cm³/mol. The smallest absolute Gasteiger partial charge is 0.0295 e. The Kier molecular flexibility index (Phi) is 13.2. The average molecular weight is 339 g/mol. The SMILES string of the molecule is CCCCCCCC(C(C)(CC)CCCC)C(C)(CC)CCCC. The van der Waals surface area contributed by atoms with Crippen molar-refractivity contribution in [3.8, 4) is 0 Å². The van der Waals surface area contributed by atoms with E-state index in [1.807, 2.05) is 0 Å². The molecule has 0 aliphatic rings. The molecule has 2 unspecified atom stereocenters. The molecule has 24 heavy (non-hydrogen) atoms. The highest BCUT2D eigenvalue weighted by atomic mass is 14.5. The fourth-order valence-corrected chi connectivity index (χ4v) is 4.85. The standard InChI is InChI=1S/C24H50/c1-8-13-16-17-18-19-22(23(6,11-4)20-14-9-2)24(7,12-5)21-15-10-3/h22H,8-21H2,1-7H3. The fraction of sp³-hybridized carbons (Fsp3) is 1.00. The highest BCUT2D eigenvalue weighted by Crippen LogP contribution is 2.52. The Balaban J connectivity index is 5.15. The minimum atomic E-state index is 0.541. The monoisotopic (exact) mass is 338 g/mol. The first-order valence-electron chi connectivity index (χ1n) is 11.4. The van der Waals surface area contributed by atoms with Crippen LogP contribution in [0.25, 0.3) is 0 Å². The summed E-state index contributed by atoms with van der Waals surface area (Å²) in [5.41, 5.74) is 1.08. The van der Waals surface area contributed by atoms with Gasteiger partial charge in [0, 0.05) is 0 Å². The summed E-state index contributed by atoms with van der Waals surface area (Å²) in [4.78, 5) is 0. The number of rotatable bonds is 16. The lowest BCUT2D eigenvalue weighted by molar-refractivity contribution is 0.0122. The van der Waals surface area contributed by atoms with Crippen molar-refractivity contribution in [2.75, 3.05) is 0 Å². The summed E-state index contributed by atoms with van der Waals surface area (Å²) >= 11 is 0. The van der Waals surface area contributed by atoms with E-state index in [1.165, 1.54) is 89.9 Å². The largest absolute Gasteiger partial charge is 0.0654 e. The predicted octanol–water partition coefficient (Wildman–Crippen LogP) is 9.18. The van der Waals surface area contributed by atoms with Gasteiger partial charge in [-0.15, -0.1) is 0 Å². The molecule has 0 fully saturated rings. The molecule has 0 spiro atoms. The van der Waals surface area contributed by atoms with Crippen molar-refractivity contribution >= 4 is 0 Å². The molecule has 0 heteroatoms. The maximum Gasteiger partial charge on any atom is -0.0295 e. The molecule has 0 aromatic rings. The summed E-state index contributed by atoms with van der Waals surface area (Å²) in [5, 5.41) is 0. The normalized spacial score (nSPS) is 18.1. The van der Waals surface area contributed by atoms with E-state index < -0.39 is 0 Å². The van der Waals surface area contributed by atoms with Crippen molar-refractivity contribution in [2.24, 2.45) is 16.7 Å². The van der Waals surface area contributed by atoms with Gasteiger partial charge < -0.3 is 0 Å². The van der Waals surface area contributed by atoms with Gasteiger partial charge in [-0.3, -0.25) is 0 Å². The first-order valence-corrected chi connectivity index (χ1v) is 11.4. The minimum Gasteiger partial charge on any atom is -0.0654 e. The molecule has 146 valence electrons. The lowest BCUT2D eigenvalue weighted by atomic mass is 9.56. The van der Waals surface area contributed by atoms with Crippen molar-refractivity contribution in [3.63, 3.8) is 0 Å². The lowest BCUT2D eigenvalue weighted by Gasteiger charge is -2.49. The molecule has 0 aromatic heterocycles. The van der Waals surface area contributed by atoms with Gasteiger partial charge in [0.2, 0.25) is 0 Å². The molecular weight excluding hydrogens is 288 g/mol. The molecule has 0 N–H and O–H groups in total. The zero-order chi connectivity index (χ0) is 18.5. The van der Waals surface area contributed by atoms with Crippen LogP contribution in [0.1, 0.15) is 138 Å². The van der Waals surface area contributed by atoms with Crippen molar-refractivity contribution in [1.29, 1.82) is 0 Å². The molecule has 0 heterocycles. The first-order chi connectivity index (χ1) is 11.4. The quantitative estimate of drug-likeness (QED) is 0.246. The lowest BCUT2D eigenvalue weighted by Crippen LogP contribution is -2.39.